The molecule has 1 aromatic carbocycles. The number of fused-ring (bicyclic) bond motifs is 1. The van der Waals surface area contributed by atoms with E-state index < -0.39 is 11.4 Å². The first kappa shape index (κ1) is 24.7. The molecule has 2 aromatic rings. The third kappa shape index (κ3) is 5.48. The van der Waals surface area contributed by atoms with Crippen LogP contribution in [0.3, 0.4) is 0 Å². The molecule has 188 valence electrons. The fourth-order valence-electron chi connectivity index (χ4n) is 4.67. The van der Waals surface area contributed by atoms with E-state index in [1.165, 1.54) is 6.07 Å². The maximum Gasteiger partial charge on any atom is 0.409 e. The van der Waals surface area contributed by atoms with Crippen molar-refractivity contribution in [1.29, 1.82) is 0 Å². The lowest BCUT2D eigenvalue weighted by molar-refractivity contribution is -0.129. The molecule has 4 rings (SSSR count). The Kier molecular flexibility index (Phi) is 7.39. The Balaban J connectivity index is 1.47. The molecule has 1 aromatic heterocycles. The number of nitrogens with zero attached hydrogens (tertiary/aromatic N) is 1. The minimum absolute atomic E-state index is 0.112. The topological polar surface area (TPSA) is 130 Å². The van der Waals surface area contributed by atoms with Crippen molar-refractivity contribution in [2.75, 3.05) is 32.8 Å². The van der Waals surface area contributed by atoms with Gasteiger partial charge < -0.3 is 30.0 Å². The van der Waals surface area contributed by atoms with Crippen LogP contribution < -0.4 is 21.4 Å². The molecule has 0 radical (unpaired) electrons. The van der Waals surface area contributed by atoms with Crippen molar-refractivity contribution < 1.29 is 23.5 Å². The van der Waals surface area contributed by atoms with Crippen LogP contribution in [0.1, 0.15) is 48.7 Å². The number of likely N-dealkylation sites (tertiary alicyclic amines) is 1. The highest BCUT2D eigenvalue weighted by Gasteiger charge is 2.42. The van der Waals surface area contributed by atoms with Crippen LogP contribution in [0.4, 0.5) is 4.79 Å². The van der Waals surface area contributed by atoms with Gasteiger partial charge in [0.1, 0.15) is 11.1 Å². The monoisotopic (exact) mass is 484 g/mol. The van der Waals surface area contributed by atoms with Crippen LogP contribution >= 0.6 is 0 Å². The van der Waals surface area contributed by atoms with Crippen LogP contribution in [-0.4, -0.2) is 67.2 Å². The first-order valence-electron chi connectivity index (χ1n) is 12.1. The molecule has 2 fully saturated rings. The van der Waals surface area contributed by atoms with Gasteiger partial charge in [0.25, 0.3) is 5.91 Å². The molecule has 2 aliphatic rings. The first-order valence-corrected chi connectivity index (χ1v) is 12.1. The van der Waals surface area contributed by atoms with Crippen LogP contribution in [-0.2, 0) is 9.53 Å². The fourth-order valence-corrected chi connectivity index (χ4v) is 4.67. The summed E-state index contributed by atoms with van der Waals surface area (Å²) >= 11 is 0. The number of ether oxygens (including phenoxy) is 1. The second kappa shape index (κ2) is 10.5. The highest BCUT2D eigenvalue weighted by Crippen LogP contribution is 2.22. The predicted molar refractivity (Wildman–Crippen MR) is 129 cm³/mol. The van der Waals surface area contributed by atoms with Crippen molar-refractivity contribution in [3.8, 4) is 0 Å². The standard InChI is InChI=1S/C25H32N4O6/c1-3-34-24(33)29-12-6-17(7-13-29)27-23(32)25(8-10-26-11-9-25)28-22(31)21-15-19(30)18-14-16(2)4-5-20(18)35-21/h4-5,14-15,17,26H,3,6-13H2,1-2H3,(H,27,32)(H,28,31). The Morgan fingerprint density at radius 1 is 1.17 bits per heavy atom. The molecule has 2 aliphatic heterocycles. The number of amides is 3. The summed E-state index contributed by atoms with van der Waals surface area (Å²) in [6.07, 6.45) is 1.68. The van der Waals surface area contributed by atoms with E-state index in [2.05, 4.69) is 16.0 Å². The molecule has 2 saturated heterocycles. The molecule has 35 heavy (non-hydrogen) atoms. The second-order valence-electron chi connectivity index (χ2n) is 9.19. The summed E-state index contributed by atoms with van der Waals surface area (Å²) in [5, 5.41) is 9.57. The van der Waals surface area contributed by atoms with Gasteiger partial charge in [-0.2, -0.15) is 0 Å². The smallest absolute Gasteiger partial charge is 0.409 e. The minimum atomic E-state index is -1.12. The number of rotatable bonds is 5. The number of nitrogens with one attached hydrogen (secondary N) is 3. The van der Waals surface area contributed by atoms with E-state index in [1.54, 1.807) is 24.0 Å². The van der Waals surface area contributed by atoms with Crippen LogP contribution in [0, 0.1) is 6.92 Å². The lowest BCUT2D eigenvalue weighted by atomic mass is 9.86. The molecule has 3 N–H and O–H groups in total. The number of hydrogen-bond acceptors (Lipinski definition) is 7. The normalized spacial score (nSPS) is 18.2. The summed E-state index contributed by atoms with van der Waals surface area (Å²) in [5.74, 6) is -0.987. The van der Waals surface area contributed by atoms with Crippen molar-refractivity contribution in [2.24, 2.45) is 0 Å². The zero-order chi connectivity index (χ0) is 25.0. The molecule has 0 atom stereocenters. The summed E-state index contributed by atoms with van der Waals surface area (Å²) in [5.41, 5.74) is -0.190. The average molecular weight is 485 g/mol. The molecule has 10 nitrogen and oxygen atoms in total. The van der Waals surface area contributed by atoms with Crippen molar-refractivity contribution in [2.45, 2.75) is 51.1 Å². The maximum atomic E-state index is 13.4. The van der Waals surface area contributed by atoms with Crippen LogP contribution in [0.15, 0.2) is 33.5 Å². The summed E-state index contributed by atoms with van der Waals surface area (Å²) < 4.78 is 10.8. The molecule has 10 heteroatoms. The molecular weight excluding hydrogens is 452 g/mol. The van der Waals surface area contributed by atoms with Crippen LogP contribution in [0.2, 0.25) is 0 Å². The summed E-state index contributed by atoms with van der Waals surface area (Å²) in [6, 6.07) is 6.26. The second-order valence-corrected chi connectivity index (χ2v) is 9.19. The largest absolute Gasteiger partial charge is 0.451 e. The Morgan fingerprint density at radius 2 is 1.89 bits per heavy atom. The number of hydrogen-bond donors (Lipinski definition) is 3. The third-order valence-electron chi connectivity index (χ3n) is 6.71. The van der Waals surface area contributed by atoms with Crippen molar-refractivity contribution in [3.05, 3.63) is 45.8 Å². The van der Waals surface area contributed by atoms with E-state index in [0.717, 1.165) is 5.56 Å². The Morgan fingerprint density at radius 3 is 2.57 bits per heavy atom. The highest BCUT2D eigenvalue weighted by molar-refractivity contribution is 5.98. The molecule has 0 saturated carbocycles. The Labute approximate surface area is 203 Å². The molecule has 3 amide bonds. The van der Waals surface area contributed by atoms with Gasteiger partial charge in [-0.1, -0.05) is 11.6 Å². The fraction of sp³-hybridized carbons (Fsp3) is 0.520. The van der Waals surface area contributed by atoms with Gasteiger partial charge in [0, 0.05) is 25.2 Å². The van der Waals surface area contributed by atoms with Gasteiger partial charge in [0.15, 0.2) is 11.2 Å². The lowest BCUT2D eigenvalue weighted by Crippen LogP contribution is -2.64. The van der Waals surface area contributed by atoms with Crippen molar-refractivity contribution in [1.82, 2.24) is 20.9 Å². The third-order valence-corrected chi connectivity index (χ3v) is 6.71. The van der Waals surface area contributed by atoms with E-state index in [9.17, 15) is 19.2 Å². The summed E-state index contributed by atoms with van der Waals surface area (Å²) in [7, 11) is 0. The summed E-state index contributed by atoms with van der Waals surface area (Å²) in [6.45, 7) is 6.08. The lowest BCUT2D eigenvalue weighted by Gasteiger charge is -2.39. The zero-order valence-electron chi connectivity index (χ0n) is 20.1. The van der Waals surface area contributed by atoms with Gasteiger partial charge in [0.2, 0.25) is 5.91 Å². The zero-order valence-corrected chi connectivity index (χ0v) is 20.1. The molecule has 3 heterocycles. The van der Waals surface area contributed by atoms with Gasteiger partial charge >= 0.3 is 6.09 Å². The van der Waals surface area contributed by atoms with Gasteiger partial charge in [-0.05, 0) is 64.8 Å². The SMILES string of the molecule is CCOC(=O)N1CCC(NC(=O)C2(NC(=O)c3cc(=O)c4cc(C)ccc4o3)CCNCC2)CC1. The molecular formula is C25H32N4O6. The number of aryl methyl sites for hydroxylation is 1. The van der Waals surface area contributed by atoms with Gasteiger partial charge in [0.05, 0.1) is 12.0 Å². The van der Waals surface area contributed by atoms with Crippen LogP contribution in [0.25, 0.3) is 11.0 Å². The average Bonchev–Trinajstić information content (AvgIpc) is 2.85. The first-order chi connectivity index (χ1) is 16.8. The number of benzene rings is 1. The Hall–Kier alpha value is -3.40. The van der Waals surface area contributed by atoms with Crippen molar-refractivity contribution >= 4 is 28.9 Å². The van der Waals surface area contributed by atoms with Crippen molar-refractivity contribution in [3.63, 3.8) is 0 Å². The molecule has 0 bridgehead atoms. The predicted octanol–water partition coefficient (Wildman–Crippen LogP) is 1.69. The Bertz CT molecular complexity index is 1160. The quantitative estimate of drug-likeness (QED) is 0.589. The van der Waals surface area contributed by atoms with E-state index in [-0.39, 0.29) is 29.2 Å². The van der Waals surface area contributed by atoms with E-state index in [4.69, 9.17) is 9.15 Å². The number of piperidine rings is 2. The number of carbonyl (C=O) groups excluding carboxylic acids is 3. The van der Waals surface area contributed by atoms with Gasteiger partial charge in [-0.15, -0.1) is 0 Å². The molecule has 0 spiro atoms. The molecule has 0 unspecified atom stereocenters. The number of carbonyl (C=O) groups is 3. The van der Waals surface area contributed by atoms with E-state index in [0.29, 0.717) is 69.4 Å². The van der Waals surface area contributed by atoms with E-state index >= 15 is 0 Å². The minimum Gasteiger partial charge on any atom is -0.451 e. The highest BCUT2D eigenvalue weighted by atomic mass is 16.6. The van der Waals surface area contributed by atoms with Crippen LogP contribution in [0.5, 0.6) is 0 Å². The summed E-state index contributed by atoms with van der Waals surface area (Å²) in [4.78, 5) is 52.7. The van der Waals surface area contributed by atoms with Gasteiger partial charge in [-0.25, -0.2) is 4.79 Å². The molecule has 0 aliphatic carbocycles. The van der Waals surface area contributed by atoms with Gasteiger partial charge in [-0.3, -0.25) is 14.4 Å². The van der Waals surface area contributed by atoms with E-state index in [1.807, 2.05) is 13.0 Å². The maximum absolute atomic E-state index is 13.4.